The summed E-state index contributed by atoms with van der Waals surface area (Å²) in [5, 5.41) is 0. The first-order valence-electron chi connectivity index (χ1n) is 5.50. The maximum Gasteiger partial charge on any atom is 0.161 e. The number of fused-ring (bicyclic) bond motifs is 1. The Morgan fingerprint density at radius 3 is 2.94 bits per heavy atom. The molecule has 0 saturated carbocycles. The van der Waals surface area contributed by atoms with Gasteiger partial charge in [0.25, 0.3) is 0 Å². The van der Waals surface area contributed by atoms with E-state index in [0.717, 1.165) is 11.5 Å². The Morgan fingerprint density at radius 1 is 1.41 bits per heavy atom. The van der Waals surface area contributed by atoms with Crippen LogP contribution < -0.4 is 15.2 Å². The Kier molecular flexibility index (Phi) is 4.17. The number of nitrogens with two attached hydrogens (primary N) is 1. The number of para-hydroxylation sites is 2. The fraction of sp³-hybridized carbons (Fsp3) is 0.417. The molecule has 1 aliphatic heterocycles. The van der Waals surface area contributed by atoms with Crippen molar-refractivity contribution in [2.24, 2.45) is 5.73 Å². The van der Waals surface area contributed by atoms with E-state index in [0.29, 0.717) is 31.2 Å². The van der Waals surface area contributed by atoms with E-state index in [9.17, 15) is 0 Å². The van der Waals surface area contributed by atoms with Gasteiger partial charge in [0, 0.05) is 6.42 Å². The van der Waals surface area contributed by atoms with Crippen LogP contribution in [-0.4, -0.2) is 30.9 Å². The highest BCUT2D eigenvalue weighted by Gasteiger charge is 2.20. The molecule has 0 radical (unpaired) electrons. The second kappa shape index (κ2) is 5.84. The summed E-state index contributed by atoms with van der Waals surface area (Å²) < 4.78 is 16.7. The first-order chi connectivity index (χ1) is 8.25. The van der Waals surface area contributed by atoms with Crippen molar-refractivity contribution >= 4 is 17.2 Å². The molecule has 0 aromatic heterocycles. The minimum atomic E-state index is -0.0729. The van der Waals surface area contributed by atoms with E-state index >= 15 is 0 Å². The molecule has 1 aromatic carbocycles. The van der Waals surface area contributed by atoms with Crippen LogP contribution in [0.4, 0.5) is 0 Å². The van der Waals surface area contributed by atoms with Crippen molar-refractivity contribution < 1.29 is 14.2 Å². The lowest BCUT2D eigenvalue weighted by atomic mass is 10.3. The largest absolute Gasteiger partial charge is 0.486 e. The second-order valence-corrected chi connectivity index (χ2v) is 4.31. The summed E-state index contributed by atoms with van der Waals surface area (Å²) in [6.45, 7) is 1.51. The average Bonchev–Trinajstić information content (AvgIpc) is 2.34. The molecular formula is C12H15NO3S. The molecule has 1 aromatic rings. The van der Waals surface area contributed by atoms with Crippen LogP contribution in [0.15, 0.2) is 24.3 Å². The van der Waals surface area contributed by atoms with Gasteiger partial charge in [0.2, 0.25) is 0 Å². The predicted molar refractivity (Wildman–Crippen MR) is 68.6 cm³/mol. The zero-order valence-corrected chi connectivity index (χ0v) is 10.2. The maximum atomic E-state index is 5.72. The van der Waals surface area contributed by atoms with Crippen LogP contribution in [0.1, 0.15) is 6.42 Å². The summed E-state index contributed by atoms with van der Waals surface area (Å²) in [5.74, 6) is 1.55. The standard InChI is InChI=1S/C12H15NO3S/c13-12(17)5-6-14-7-9-8-15-10-3-1-2-4-11(10)16-9/h1-4,9H,5-8H2,(H2,13,17). The predicted octanol–water partition coefficient (Wildman–Crippen LogP) is 1.52. The van der Waals surface area contributed by atoms with Crippen LogP contribution in [0.5, 0.6) is 11.5 Å². The summed E-state index contributed by atoms with van der Waals surface area (Å²) in [5.41, 5.74) is 5.37. The number of rotatable bonds is 5. The molecule has 0 saturated heterocycles. The quantitative estimate of drug-likeness (QED) is 0.637. The van der Waals surface area contributed by atoms with Crippen molar-refractivity contribution in [3.05, 3.63) is 24.3 Å². The van der Waals surface area contributed by atoms with Gasteiger partial charge in [0.1, 0.15) is 6.61 Å². The van der Waals surface area contributed by atoms with Crippen molar-refractivity contribution in [3.8, 4) is 11.5 Å². The molecule has 1 unspecified atom stereocenters. The van der Waals surface area contributed by atoms with Gasteiger partial charge in [0.05, 0.1) is 18.2 Å². The van der Waals surface area contributed by atoms with E-state index in [2.05, 4.69) is 0 Å². The Bertz CT molecular complexity index is 397. The van der Waals surface area contributed by atoms with Crippen molar-refractivity contribution in [2.45, 2.75) is 12.5 Å². The molecule has 2 rings (SSSR count). The zero-order valence-electron chi connectivity index (χ0n) is 9.43. The fourth-order valence-corrected chi connectivity index (χ4v) is 1.62. The number of hydrogen-bond acceptors (Lipinski definition) is 4. The maximum absolute atomic E-state index is 5.72. The van der Waals surface area contributed by atoms with Crippen molar-refractivity contribution in [2.75, 3.05) is 19.8 Å². The van der Waals surface area contributed by atoms with Gasteiger partial charge in [-0.05, 0) is 12.1 Å². The molecule has 2 N–H and O–H groups in total. The topological polar surface area (TPSA) is 53.7 Å². The highest BCUT2D eigenvalue weighted by atomic mass is 32.1. The highest BCUT2D eigenvalue weighted by molar-refractivity contribution is 7.80. The molecule has 17 heavy (non-hydrogen) atoms. The SMILES string of the molecule is NC(=S)CCOCC1COc2ccccc2O1. The van der Waals surface area contributed by atoms with Gasteiger partial charge in [-0.2, -0.15) is 0 Å². The summed E-state index contributed by atoms with van der Waals surface area (Å²) >= 11 is 4.76. The van der Waals surface area contributed by atoms with E-state index < -0.39 is 0 Å². The normalized spacial score (nSPS) is 17.8. The van der Waals surface area contributed by atoms with Gasteiger partial charge in [-0.15, -0.1) is 0 Å². The Hall–Kier alpha value is -1.33. The Labute approximate surface area is 106 Å². The van der Waals surface area contributed by atoms with Gasteiger partial charge in [-0.3, -0.25) is 0 Å². The van der Waals surface area contributed by atoms with E-state index in [-0.39, 0.29) is 6.10 Å². The summed E-state index contributed by atoms with van der Waals surface area (Å²) in [6.07, 6.45) is 0.524. The van der Waals surface area contributed by atoms with Crippen LogP contribution in [0.25, 0.3) is 0 Å². The van der Waals surface area contributed by atoms with Gasteiger partial charge in [-0.25, -0.2) is 0 Å². The van der Waals surface area contributed by atoms with E-state index in [1.807, 2.05) is 24.3 Å². The minimum Gasteiger partial charge on any atom is -0.486 e. The molecular weight excluding hydrogens is 238 g/mol. The van der Waals surface area contributed by atoms with Gasteiger partial charge >= 0.3 is 0 Å². The van der Waals surface area contributed by atoms with Gasteiger partial charge in [-0.1, -0.05) is 24.4 Å². The number of ether oxygens (including phenoxy) is 3. The third-order valence-electron chi connectivity index (χ3n) is 2.36. The van der Waals surface area contributed by atoms with Crippen LogP contribution in [0.3, 0.4) is 0 Å². The van der Waals surface area contributed by atoms with Crippen LogP contribution in [-0.2, 0) is 4.74 Å². The molecule has 1 aliphatic rings. The highest BCUT2D eigenvalue weighted by Crippen LogP contribution is 2.30. The first kappa shape index (κ1) is 12.1. The van der Waals surface area contributed by atoms with E-state index in [4.69, 9.17) is 32.2 Å². The molecule has 1 atom stereocenters. The van der Waals surface area contributed by atoms with Gasteiger partial charge in [0.15, 0.2) is 17.6 Å². The van der Waals surface area contributed by atoms with Crippen LogP contribution in [0.2, 0.25) is 0 Å². The molecule has 5 heteroatoms. The molecule has 4 nitrogen and oxygen atoms in total. The summed E-state index contributed by atoms with van der Waals surface area (Å²) in [7, 11) is 0. The number of thiocarbonyl (C=S) groups is 1. The van der Waals surface area contributed by atoms with E-state index in [1.54, 1.807) is 0 Å². The van der Waals surface area contributed by atoms with Crippen LogP contribution in [0, 0.1) is 0 Å². The molecule has 0 amide bonds. The molecule has 0 spiro atoms. The molecule has 1 heterocycles. The Balaban J connectivity index is 1.76. The monoisotopic (exact) mass is 253 g/mol. The number of hydrogen-bond donors (Lipinski definition) is 1. The first-order valence-corrected chi connectivity index (χ1v) is 5.91. The van der Waals surface area contributed by atoms with E-state index in [1.165, 1.54) is 0 Å². The van der Waals surface area contributed by atoms with Crippen molar-refractivity contribution in [1.29, 1.82) is 0 Å². The minimum absolute atomic E-state index is 0.0729. The summed E-state index contributed by atoms with van der Waals surface area (Å²) in [6, 6.07) is 7.61. The average molecular weight is 253 g/mol. The summed E-state index contributed by atoms with van der Waals surface area (Å²) in [4.78, 5) is 0.469. The zero-order chi connectivity index (χ0) is 12.1. The molecule has 0 aliphatic carbocycles. The Morgan fingerprint density at radius 2 is 2.18 bits per heavy atom. The smallest absolute Gasteiger partial charge is 0.161 e. The van der Waals surface area contributed by atoms with Gasteiger partial charge < -0.3 is 19.9 Å². The third kappa shape index (κ3) is 3.57. The second-order valence-electron chi connectivity index (χ2n) is 3.79. The molecule has 0 fully saturated rings. The van der Waals surface area contributed by atoms with Crippen molar-refractivity contribution in [1.82, 2.24) is 0 Å². The lowest BCUT2D eigenvalue weighted by Gasteiger charge is -2.26. The lowest BCUT2D eigenvalue weighted by Crippen LogP contribution is -2.33. The lowest BCUT2D eigenvalue weighted by molar-refractivity contribution is 0.0109. The number of benzene rings is 1. The fourth-order valence-electron chi connectivity index (χ4n) is 1.53. The van der Waals surface area contributed by atoms with Crippen LogP contribution >= 0.6 is 12.2 Å². The molecule has 0 bridgehead atoms. The third-order valence-corrected chi connectivity index (χ3v) is 2.57. The van der Waals surface area contributed by atoms with Crippen molar-refractivity contribution in [3.63, 3.8) is 0 Å². The molecule has 92 valence electrons.